The van der Waals surface area contributed by atoms with Crippen molar-refractivity contribution in [2.24, 2.45) is 0 Å². The zero-order valence-corrected chi connectivity index (χ0v) is 13.6. The molecule has 0 N–H and O–H groups in total. The van der Waals surface area contributed by atoms with Crippen molar-refractivity contribution in [3.05, 3.63) is 29.3 Å². The molecule has 1 amide bonds. The minimum Gasteiger partial charge on any atom is -0.467 e. The Hall–Kier alpha value is -1.20. The number of hydrogen-bond acceptors (Lipinski definition) is 4. The van der Waals surface area contributed by atoms with E-state index in [1.165, 1.54) is 18.9 Å². The van der Waals surface area contributed by atoms with Gasteiger partial charge in [0.25, 0.3) is 0 Å². The number of benzene rings is 1. The van der Waals surface area contributed by atoms with Gasteiger partial charge in [0.05, 0.1) is 12.4 Å². The molecule has 1 aliphatic heterocycles. The van der Waals surface area contributed by atoms with Gasteiger partial charge in [-0.15, -0.1) is 11.8 Å². The fourth-order valence-corrected chi connectivity index (χ4v) is 3.48. The third kappa shape index (κ3) is 3.92. The molecule has 1 aromatic carbocycles. The number of esters is 1. The molecule has 114 valence electrons. The normalized spacial score (nSPS) is 19.4. The molecular formula is C15H18ClNO3S. The highest BCUT2D eigenvalue weighted by atomic mass is 35.5. The summed E-state index contributed by atoms with van der Waals surface area (Å²) in [5.74, 6) is -0.354. The maximum Gasteiger partial charge on any atom is 0.328 e. The van der Waals surface area contributed by atoms with Gasteiger partial charge in [0, 0.05) is 16.5 Å². The molecule has 6 heteroatoms. The molecule has 0 saturated carbocycles. The van der Waals surface area contributed by atoms with Gasteiger partial charge in [0.1, 0.15) is 6.04 Å². The number of rotatable bonds is 4. The zero-order valence-electron chi connectivity index (χ0n) is 12.0. The SMILES string of the molecule is COC(=O)C1CCCN1C(=O)C(C)Sc1ccc(Cl)cc1. The van der Waals surface area contributed by atoms with E-state index in [-0.39, 0.29) is 17.1 Å². The minimum atomic E-state index is -0.434. The topological polar surface area (TPSA) is 46.6 Å². The van der Waals surface area contributed by atoms with Gasteiger partial charge in [-0.25, -0.2) is 4.79 Å². The molecule has 0 aromatic heterocycles. The lowest BCUT2D eigenvalue weighted by molar-refractivity contribution is -0.150. The second-order valence-electron chi connectivity index (χ2n) is 4.93. The first-order valence-corrected chi connectivity index (χ1v) is 8.09. The fourth-order valence-electron chi connectivity index (χ4n) is 2.41. The minimum absolute atomic E-state index is 0.0251. The van der Waals surface area contributed by atoms with Crippen LogP contribution in [0.5, 0.6) is 0 Å². The lowest BCUT2D eigenvalue weighted by Crippen LogP contribution is -2.44. The van der Waals surface area contributed by atoms with E-state index < -0.39 is 6.04 Å². The zero-order chi connectivity index (χ0) is 15.4. The number of carbonyl (C=O) groups is 2. The summed E-state index contributed by atoms with van der Waals surface area (Å²) in [6.45, 7) is 2.47. The Morgan fingerprint density at radius 3 is 2.67 bits per heavy atom. The van der Waals surface area contributed by atoms with Crippen molar-refractivity contribution in [2.45, 2.75) is 36.0 Å². The molecule has 1 saturated heterocycles. The second-order valence-corrected chi connectivity index (χ2v) is 6.78. The van der Waals surface area contributed by atoms with Crippen molar-refractivity contribution in [2.75, 3.05) is 13.7 Å². The first kappa shape index (κ1) is 16.2. The lowest BCUT2D eigenvalue weighted by Gasteiger charge is -2.25. The first-order chi connectivity index (χ1) is 10.0. The van der Waals surface area contributed by atoms with Crippen molar-refractivity contribution >= 4 is 35.2 Å². The Morgan fingerprint density at radius 1 is 1.38 bits per heavy atom. The number of methoxy groups -OCH3 is 1. The fraction of sp³-hybridized carbons (Fsp3) is 0.467. The number of halogens is 1. The summed E-state index contributed by atoms with van der Waals surface area (Å²) >= 11 is 7.32. The Morgan fingerprint density at radius 2 is 2.05 bits per heavy atom. The van der Waals surface area contributed by atoms with E-state index in [4.69, 9.17) is 16.3 Å². The molecule has 0 spiro atoms. The van der Waals surface area contributed by atoms with Crippen LogP contribution >= 0.6 is 23.4 Å². The van der Waals surface area contributed by atoms with E-state index in [2.05, 4.69) is 0 Å². The smallest absolute Gasteiger partial charge is 0.328 e. The van der Waals surface area contributed by atoms with Crippen molar-refractivity contribution in [1.82, 2.24) is 4.90 Å². The van der Waals surface area contributed by atoms with Gasteiger partial charge >= 0.3 is 5.97 Å². The third-order valence-corrected chi connectivity index (χ3v) is 4.83. The van der Waals surface area contributed by atoms with Crippen LogP contribution in [0, 0.1) is 0 Å². The number of carbonyl (C=O) groups excluding carboxylic acids is 2. The average molecular weight is 328 g/mol. The molecule has 1 heterocycles. The quantitative estimate of drug-likeness (QED) is 0.630. The van der Waals surface area contributed by atoms with E-state index >= 15 is 0 Å². The van der Waals surface area contributed by atoms with Gasteiger partial charge in [-0.2, -0.15) is 0 Å². The number of nitrogens with zero attached hydrogens (tertiary/aromatic N) is 1. The van der Waals surface area contributed by atoms with E-state index in [0.717, 1.165) is 11.3 Å². The molecule has 0 bridgehead atoms. The molecule has 0 aliphatic carbocycles. The van der Waals surface area contributed by atoms with E-state index in [9.17, 15) is 9.59 Å². The summed E-state index contributed by atoms with van der Waals surface area (Å²) in [4.78, 5) is 26.8. The van der Waals surface area contributed by atoms with Crippen molar-refractivity contribution in [1.29, 1.82) is 0 Å². The number of ether oxygens (including phenoxy) is 1. The summed E-state index contributed by atoms with van der Waals surface area (Å²) in [7, 11) is 1.36. The summed E-state index contributed by atoms with van der Waals surface area (Å²) in [6.07, 6.45) is 1.51. The van der Waals surface area contributed by atoms with E-state index in [0.29, 0.717) is 18.0 Å². The van der Waals surface area contributed by atoms with Gasteiger partial charge in [0.15, 0.2) is 0 Å². The molecular weight excluding hydrogens is 310 g/mol. The monoisotopic (exact) mass is 327 g/mol. The molecule has 1 aromatic rings. The van der Waals surface area contributed by atoms with Gasteiger partial charge in [0.2, 0.25) is 5.91 Å². The van der Waals surface area contributed by atoms with Crippen LogP contribution in [0.4, 0.5) is 0 Å². The van der Waals surface area contributed by atoms with Crippen LogP contribution in [-0.4, -0.2) is 41.7 Å². The highest BCUT2D eigenvalue weighted by Gasteiger charge is 2.36. The standard InChI is InChI=1S/C15H18ClNO3S/c1-10(21-12-7-5-11(16)6-8-12)14(18)17-9-3-4-13(17)15(19)20-2/h5-8,10,13H,3-4,9H2,1-2H3. The summed E-state index contributed by atoms with van der Waals surface area (Å²) in [6, 6.07) is 6.94. The van der Waals surface area contributed by atoms with Crippen molar-refractivity contribution in [3.8, 4) is 0 Å². The van der Waals surface area contributed by atoms with Gasteiger partial charge in [-0.3, -0.25) is 4.79 Å². The van der Waals surface area contributed by atoms with Crippen LogP contribution in [0.25, 0.3) is 0 Å². The molecule has 2 unspecified atom stereocenters. The Balaban J connectivity index is 2.01. The van der Waals surface area contributed by atoms with Crippen LogP contribution < -0.4 is 0 Å². The van der Waals surface area contributed by atoms with Gasteiger partial charge < -0.3 is 9.64 Å². The molecule has 1 aliphatic rings. The van der Waals surface area contributed by atoms with Crippen molar-refractivity contribution < 1.29 is 14.3 Å². The predicted octanol–water partition coefficient (Wildman–Crippen LogP) is 2.98. The van der Waals surface area contributed by atoms with Crippen LogP contribution in [0.15, 0.2) is 29.2 Å². The van der Waals surface area contributed by atoms with Gasteiger partial charge in [-0.05, 0) is 44.0 Å². The number of hydrogen-bond donors (Lipinski definition) is 0. The second kappa shape index (κ2) is 7.18. The summed E-state index contributed by atoms with van der Waals surface area (Å²) in [5.41, 5.74) is 0. The molecule has 0 radical (unpaired) electrons. The van der Waals surface area contributed by atoms with E-state index in [1.54, 1.807) is 17.0 Å². The average Bonchev–Trinajstić information content (AvgIpc) is 2.97. The Bertz CT molecular complexity index is 520. The Kier molecular flexibility index (Phi) is 5.53. The van der Waals surface area contributed by atoms with Crippen LogP contribution in [-0.2, 0) is 14.3 Å². The lowest BCUT2D eigenvalue weighted by atomic mass is 10.2. The highest BCUT2D eigenvalue weighted by Crippen LogP contribution is 2.28. The van der Waals surface area contributed by atoms with Crippen LogP contribution in [0.1, 0.15) is 19.8 Å². The summed E-state index contributed by atoms with van der Waals surface area (Å²) < 4.78 is 4.77. The molecule has 2 rings (SSSR count). The Labute approximate surface area is 133 Å². The van der Waals surface area contributed by atoms with Crippen molar-refractivity contribution in [3.63, 3.8) is 0 Å². The number of thioether (sulfide) groups is 1. The molecule has 2 atom stereocenters. The highest BCUT2D eigenvalue weighted by molar-refractivity contribution is 8.00. The third-order valence-electron chi connectivity index (χ3n) is 3.48. The van der Waals surface area contributed by atoms with Crippen LogP contribution in [0.3, 0.4) is 0 Å². The number of amides is 1. The predicted molar refractivity (Wildman–Crippen MR) is 83.5 cm³/mol. The first-order valence-electron chi connectivity index (χ1n) is 6.83. The maximum atomic E-state index is 12.5. The van der Waals surface area contributed by atoms with Gasteiger partial charge in [-0.1, -0.05) is 11.6 Å². The molecule has 21 heavy (non-hydrogen) atoms. The maximum absolute atomic E-state index is 12.5. The molecule has 1 fully saturated rings. The number of likely N-dealkylation sites (tertiary alicyclic amines) is 1. The molecule has 4 nitrogen and oxygen atoms in total. The summed E-state index contributed by atoms with van der Waals surface area (Å²) in [5, 5.41) is 0.417. The largest absolute Gasteiger partial charge is 0.467 e. The van der Waals surface area contributed by atoms with Crippen LogP contribution in [0.2, 0.25) is 5.02 Å². The van der Waals surface area contributed by atoms with E-state index in [1.807, 2.05) is 19.1 Å².